The van der Waals surface area contributed by atoms with E-state index in [0.29, 0.717) is 6.54 Å². The number of halogens is 1. The maximum atomic E-state index is 13.2. The molecule has 1 atom stereocenters. The number of imidazole rings is 1. The Morgan fingerprint density at radius 2 is 2.33 bits per heavy atom. The lowest BCUT2D eigenvalue weighted by Crippen LogP contribution is -2.29. The number of fused-ring (bicyclic) bond motifs is 1. The van der Waals surface area contributed by atoms with Crippen LogP contribution in [0.25, 0.3) is 11.0 Å². The molecule has 112 valence electrons. The molecule has 2 heterocycles. The van der Waals surface area contributed by atoms with E-state index in [-0.39, 0.29) is 11.9 Å². The van der Waals surface area contributed by atoms with Crippen LogP contribution in [0.4, 0.5) is 4.39 Å². The lowest BCUT2D eigenvalue weighted by molar-refractivity contribution is 0.0572. The van der Waals surface area contributed by atoms with E-state index in [1.165, 1.54) is 12.1 Å². The molecule has 0 radical (unpaired) electrons. The van der Waals surface area contributed by atoms with Gasteiger partial charge in [-0.3, -0.25) is 4.90 Å². The zero-order valence-electron chi connectivity index (χ0n) is 12.3. The normalized spacial score (nSPS) is 18.3. The van der Waals surface area contributed by atoms with Gasteiger partial charge in [0.2, 0.25) is 0 Å². The van der Waals surface area contributed by atoms with Crippen molar-refractivity contribution in [2.45, 2.75) is 32.4 Å². The molecule has 5 nitrogen and oxygen atoms in total. The zero-order valence-corrected chi connectivity index (χ0v) is 12.3. The predicted octanol–water partition coefficient (Wildman–Crippen LogP) is 2.69. The fourth-order valence-electron chi connectivity index (χ4n) is 2.57. The number of likely N-dealkylation sites (N-methyl/N-ethyl adjacent to an activating group) is 1. The van der Waals surface area contributed by atoms with Gasteiger partial charge in [0.25, 0.3) is 0 Å². The number of aromatic nitrogens is 2. The molecule has 1 aromatic heterocycles. The molecule has 6 heteroatoms. The number of hydrogen-bond donors (Lipinski definition) is 1. The summed E-state index contributed by atoms with van der Waals surface area (Å²) < 4.78 is 13.2. The summed E-state index contributed by atoms with van der Waals surface area (Å²) in [5, 5.41) is 4.07. The first kappa shape index (κ1) is 14.0. The fourth-order valence-corrected chi connectivity index (χ4v) is 2.57. The smallest absolute Gasteiger partial charge is 0.145 e. The lowest BCUT2D eigenvalue weighted by atomic mass is 10.1. The third kappa shape index (κ3) is 3.21. The second-order valence-electron chi connectivity index (χ2n) is 5.48. The van der Waals surface area contributed by atoms with Crippen LogP contribution in [-0.2, 0) is 11.4 Å². The van der Waals surface area contributed by atoms with Crippen LogP contribution in [0.1, 0.15) is 25.6 Å². The molecule has 0 spiro atoms. The van der Waals surface area contributed by atoms with E-state index < -0.39 is 0 Å². The number of oxime groups is 1. The van der Waals surface area contributed by atoms with Crippen LogP contribution >= 0.6 is 0 Å². The van der Waals surface area contributed by atoms with Gasteiger partial charge in [0.1, 0.15) is 17.7 Å². The molecule has 1 aromatic carbocycles. The molecular weight excluding hydrogens is 271 g/mol. The molecule has 0 unspecified atom stereocenters. The highest BCUT2D eigenvalue weighted by Crippen LogP contribution is 2.16. The van der Waals surface area contributed by atoms with E-state index in [2.05, 4.69) is 26.9 Å². The van der Waals surface area contributed by atoms with Gasteiger partial charge >= 0.3 is 0 Å². The Hall–Kier alpha value is -1.95. The van der Waals surface area contributed by atoms with Crippen molar-refractivity contribution in [3.63, 3.8) is 0 Å². The molecule has 21 heavy (non-hydrogen) atoms. The van der Waals surface area contributed by atoms with E-state index in [0.717, 1.165) is 42.0 Å². The predicted molar refractivity (Wildman–Crippen MR) is 79.6 cm³/mol. The Balaban J connectivity index is 1.60. The average Bonchev–Trinajstić information content (AvgIpc) is 3.04. The molecule has 0 aliphatic carbocycles. The second-order valence-corrected chi connectivity index (χ2v) is 5.48. The van der Waals surface area contributed by atoms with Gasteiger partial charge in [-0.05, 0) is 31.7 Å². The summed E-state index contributed by atoms with van der Waals surface area (Å²) in [5.41, 5.74) is 2.63. The van der Waals surface area contributed by atoms with Gasteiger partial charge < -0.3 is 9.82 Å². The van der Waals surface area contributed by atoms with Crippen molar-refractivity contribution in [3.8, 4) is 0 Å². The molecule has 0 saturated heterocycles. The molecule has 0 bridgehead atoms. The Morgan fingerprint density at radius 3 is 3.10 bits per heavy atom. The summed E-state index contributed by atoms with van der Waals surface area (Å²) in [6, 6.07) is 4.58. The van der Waals surface area contributed by atoms with Gasteiger partial charge in [-0.2, -0.15) is 0 Å². The number of hydrogen-bond acceptors (Lipinski definition) is 4. The fraction of sp³-hybridized carbons (Fsp3) is 0.467. The van der Waals surface area contributed by atoms with Crippen LogP contribution in [0.5, 0.6) is 0 Å². The molecule has 1 aliphatic heterocycles. The third-order valence-corrected chi connectivity index (χ3v) is 3.63. The van der Waals surface area contributed by atoms with Crippen LogP contribution < -0.4 is 0 Å². The van der Waals surface area contributed by atoms with Crippen molar-refractivity contribution in [3.05, 3.63) is 29.8 Å². The Morgan fingerprint density at radius 1 is 1.48 bits per heavy atom. The maximum Gasteiger partial charge on any atom is 0.145 e. The average molecular weight is 290 g/mol. The van der Waals surface area contributed by atoms with Crippen LogP contribution in [0.2, 0.25) is 0 Å². The van der Waals surface area contributed by atoms with E-state index in [4.69, 9.17) is 4.84 Å². The summed E-state index contributed by atoms with van der Waals surface area (Å²) in [6.45, 7) is 3.54. The molecule has 1 aliphatic rings. The first-order valence-electron chi connectivity index (χ1n) is 7.18. The minimum Gasteiger partial charge on any atom is -0.391 e. The van der Waals surface area contributed by atoms with Crippen molar-refractivity contribution < 1.29 is 9.23 Å². The van der Waals surface area contributed by atoms with Crippen molar-refractivity contribution in [1.29, 1.82) is 0 Å². The minimum atomic E-state index is -0.255. The SMILES string of the molecule is CCC1=NO[C@H](CN(C)Cc2nc3ccc(F)cc3[nH]2)C1. The molecule has 3 rings (SSSR count). The maximum absolute atomic E-state index is 13.2. The Labute approximate surface area is 122 Å². The highest BCUT2D eigenvalue weighted by molar-refractivity contribution is 5.85. The quantitative estimate of drug-likeness (QED) is 0.921. The van der Waals surface area contributed by atoms with E-state index in [9.17, 15) is 4.39 Å². The standard InChI is InChI=1S/C15H19FN4O/c1-3-11-7-12(21-19-11)8-20(2)9-15-17-13-5-4-10(16)6-14(13)18-15/h4-6,12H,3,7-9H2,1-2H3,(H,17,18)/t12-/m0/s1. The monoisotopic (exact) mass is 290 g/mol. The molecule has 0 fully saturated rings. The number of H-pyrrole nitrogens is 1. The molecule has 2 aromatic rings. The van der Waals surface area contributed by atoms with E-state index in [1.54, 1.807) is 6.07 Å². The largest absolute Gasteiger partial charge is 0.391 e. The van der Waals surface area contributed by atoms with Crippen LogP contribution in [-0.4, -0.2) is 40.3 Å². The molecular formula is C15H19FN4O. The van der Waals surface area contributed by atoms with Gasteiger partial charge in [0, 0.05) is 13.0 Å². The highest BCUT2D eigenvalue weighted by Gasteiger charge is 2.21. The van der Waals surface area contributed by atoms with Gasteiger partial charge in [0.05, 0.1) is 23.3 Å². The van der Waals surface area contributed by atoms with Crippen molar-refractivity contribution in [1.82, 2.24) is 14.9 Å². The molecule has 1 N–H and O–H groups in total. The summed E-state index contributed by atoms with van der Waals surface area (Å²) in [6.07, 6.45) is 1.95. The van der Waals surface area contributed by atoms with Crippen molar-refractivity contribution >= 4 is 16.7 Å². The van der Waals surface area contributed by atoms with Gasteiger partial charge in [-0.1, -0.05) is 12.1 Å². The van der Waals surface area contributed by atoms with Gasteiger partial charge in [-0.15, -0.1) is 0 Å². The topological polar surface area (TPSA) is 53.5 Å². The minimum absolute atomic E-state index is 0.117. The van der Waals surface area contributed by atoms with E-state index >= 15 is 0 Å². The Kier molecular flexibility index (Phi) is 3.88. The summed E-state index contributed by atoms with van der Waals surface area (Å²) in [7, 11) is 2.01. The highest BCUT2D eigenvalue weighted by atomic mass is 19.1. The number of nitrogens with one attached hydrogen (secondary N) is 1. The lowest BCUT2D eigenvalue weighted by Gasteiger charge is -2.18. The first-order valence-corrected chi connectivity index (χ1v) is 7.18. The first-order chi connectivity index (χ1) is 10.1. The van der Waals surface area contributed by atoms with Crippen molar-refractivity contribution in [2.75, 3.05) is 13.6 Å². The van der Waals surface area contributed by atoms with Crippen LogP contribution in [0.3, 0.4) is 0 Å². The number of nitrogens with zero attached hydrogens (tertiary/aromatic N) is 3. The Bertz CT molecular complexity index is 667. The third-order valence-electron chi connectivity index (χ3n) is 3.63. The number of rotatable bonds is 5. The summed E-state index contributed by atoms with van der Waals surface area (Å²) in [5.74, 6) is 0.572. The number of aromatic amines is 1. The second kappa shape index (κ2) is 5.81. The number of benzene rings is 1. The van der Waals surface area contributed by atoms with Crippen LogP contribution in [0.15, 0.2) is 23.4 Å². The van der Waals surface area contributed by atoms with Gasteiger partial charge in [0.15, 0.2) is 0 Å². The summed E-state index contributed by atoms with van der Waals surface area (Å²) >= 11 is 0. The molecule has 0 amide bonds. The van der Waals surface area contributed by atoms with Gasteiger partial charge in [-0.25, -0.2) is 9.37 Å². The molecule has 0 saturated carbocycles. The van der Waals surface area contributed by atoms with Crippen molar-refractivity contribution in [2.24, 2.45) is 5.16 Å². The van der Waals surface area contributed by atoms with Crippen LogP contribution in [0, 0.1) is 5.82 Å². The zero-order chi connectivity index (χ0) is 14.8. The summed E-state index contributed by atoms with van der Waals surface area (Å²) in [4.78, 5) is 15.2. The van der Waals surface area contributed by atoms with E-state index in [1.807, 2.05) is 7.05 Å².